The molecule has 1 aliphatic heterocycles. The van der Waals surface area contributed by atoms with Crippen LogP contribution in [0.1, 0.15) is 53.4 Å². The lowest BCUT2D eigenvalue weighted by Gasteiger charge is -2.38. The minimum atomic E-state index is 0.00252. The SMILES string of the molecule is CCCNC(=O)C(C)N1CCCC(C(C)NCCC)C1. The van der Waals surface area contributed by atoms with E-state index in [0.29, 0.717) is 12.0 Å². The van der Waals surface area contributed by atoms with E-state index < -0.39 is 0 Å². The topological polar surface area (TPSA) is 44.4 Å². The third kappa shape index (κ3) is 5.41. The molecule has 118 valence electrons. The molecule has 0 spiro atoms. The van der Waals surface area contributed by atoms with Crippen LogP contribution < -0.4 is 10.6 Å². The van der Waals surface area contributed by atoms with E-state index in [-0.39, 0.29) is 11.9 Å². The Bertz CT molecular complexity index is 283. The van der Waals surface area contributed by atoms with Gasteiger partial charge >= 0.3 is 0 Å². The lowest BCUT2D eigenvalue weighted by molar-refractivity contribution is -0.126. The third-order valence-corrected chi connectivity index (χ3v) is 4.39. The molecule has 0 saturated carbocycles. The van der Waals surface area contributed by atoms with Gasteiger partial charge in [0.15, 0.2) is 0 Å². The number of amides is 1. The summed E-state index contributed by atoms with van der Waals surface area (Å²) in [6, 6.07) is 0.548. The summed E-state index contributed by atoms with van der Waals surface area (Å²) in [4.78, 5) is 14.4. The van der Waals surface area contributed by atoms with Crippen LogP contribution in [0.4, 0.5) is 0 Å². The Hall–Kier alpha value is -0.610. The summed E-state index contributed by atoms with van der Waals surface area (Å²) >= 11 is 0. The normalized spacial score (nSPS) is 23.3. The molecule has 1 saturated heterocycles. The number of piperidine rings is 1. The smallest absolute Gasteiger partial charge is 0.237 e. The minimum absolute atomic E-state index is 0.00252. The van der Waals surface area contributed by atoms with Crippen molar-refractivity contribution in [2.75, 3.05) is 26.2 Å². The maximum atomic E-state index is 12.1. The van der Waals surface area contributed by atoms with Crippen LogP contribution in [0.2, 0.25) is 0 Å². The van der Waals surface area contributed by atoms with Gasteiger partial charge in [-0.15, -0.1) is 0 Å². The molecule has 1 fully saturated rings. The molecule has 1 aliphatic rings. The molecule has 0 bridgehead atoms. The van der Waals surface area contributed by atoms with Gasteiger partial charge in [0, 0.05) is 19.1 Å². The first-order valence-corrected chi connectivity index (χ1v) is 8.35. The van der Waals surface area contributed by atoms with Crippen molar-refractivity contribution >= 4 is 5.91 Å². The summed E-state index contributed by atoms with van der Waals surface area (Å²) in [6.45, 7) is 12.6. The van der Waals surface area contributed by atoms with Gasteiger partial charge in [0.25, 0.3) is 0 Å². The highest BCUT2D eigenvalue weighted by Crippen LogP contribution is 2.21. The van der Waals surface area contributed by atoms with Crippen LogP contribution in [-0.2, 0) is 4.79 Å². The van der Waals surface area contributed by atoms with Crippen LogP contribution in [0.15, 0.2) is 0 Å². The molecular weight excluding hydrogens is 250 g/mol. The second-order valence-corrected chi connectivity index (χ2v) is 6.11. The van der Waals surface area contributed by atoms with Crippen molar-refractivity contribution in [1.29, 1.82) is 0 Å². The molecule has 3 atom stereocenters. The molecule has 2 N–H and O–H groups in total. The Morgan fingerprint density at radius 1 is 1.25 bits per heavy atom. The molecule has 1 rings (SSSR count). The zero-order chi connectivity index (χ0) is 15.0. The van der Waals surface area contributed by atoms with Gasteiger partial charge < -0.3 is 10.6 Å². The molecule has 0 aromatic rings. The predicted octanol–water partition coefficient (Wildman–Crippen LogP) is 2.00. The van der Waals surface area contributed by atoms with E-state index in [1.807, 2.05) is 6.92 Å². The lowest BCUT2D eigenvalue weighted by Crippen LogP contribution is -2.52. The molecule has 1 heterocycles. The number of hydrogen-bond acceptors (Lipinski definition) is 3. The van der Waals surface area contributed by atoms with Gasteiger partial charge in [0.2, 0.25) is 5.91 Å². The summed E-state index contributed by atoms with van der Waals surface area (Å²) in [5.41, 5.74) is 0. The van der Waals surface area contributed by atoms with E-state index in [1.54, 1.807) is 0 Å². The molecular formula is C16H33N3O. The molecule has 4 nitrogen and oxygen atoms in total. The Balaban J connectivity index is 2.44. The van der Waals surface area contributed by atoms with Gasteiger partial charge in [-0.1, -0.05) is 13.8 Å². The Kier molecular flexibility index (Phi) is 8.15. The highest BCUT2D eigenvalue weighted by Gasteiger charge is 2.29. The minimum Gasteiger partial charge on any atom is -0.355 e. The van der Waals surface area contributed by atoms with Crippen LogP contribution in [0, 0.1) is 5.92 Å². The van der Waals surface area contributed by atoms with Crippen molar-refractivity contribution < 1.29 is 4.79 Å². The second-order valence-electron chi connectivity index (χ2n) is 6.11. The number of hydrogen-bond donors (Lipinski definition) is 2. The summed E-state index contributed by atoms with van der Waals surface area (Å²) in [5.74, 6) is 0.846. The molecule has 0 radical (unpaired) electrons. The summed E-state index contributed by atoms with van der Waals surface area (Å²) in [7, 11) is 0. The van der Waals surface area contributed by atoms with Crippen molar-refractivity contribution in [3.63, 3.8) is 0 Å². The molecule has 0 aromatic carbocycles. The fourth-order valence-electron chi connectivity index (χ4n) is 2.90. The molecule has 20 heavy (non-hydrogen) atoms. The molecule has 0 aromatic heterocycles. The number of carbonyl (C=O) groups excluding carboxylic acids is 1. The van der Waals surface area contributed by atoms with E-state index >= 15 is 0 Å². The van der Waals surface area contributed by atoms with Crippen LogP contribution in [0.25, 0.3) is 0 Å². The van der Waals surface area contributed by atoms with Crippen LogP contribution in [-0.4, -0.2) is 49.1 Å². The Labute approximate surface area is 124 Å². The molecule has 3 unspecified atom stereocenters. The van der Waals surface area contributed by atoms with E-state index in [4.69, 9.17) is 0 Å². The first-order chi connectivity index (χ1) is 9.60. The number of likely N-dealkylation sites (tertiary alicyclic amines) is 1. The maximum Gasteiger partial charge on any atom is 0.237 e. The lowest BCUT2D eigenvalue weighted by atomic mass is 9.90. The second kappa shape index (κ2) is 9.35. The standard InChI is InChI=1S/C16H33N3O/c1-5-9-17-13(3)15-8-7-11-19(12-15)14(4)16(20)18-10-6-2/h13-15,17H,5-12H2,1-4H3,(H,18,20). The number of rotatable bonds is 8. The Morgan fingerprint density at radius 2 is 1.95 bits per heavy atom. The largest absolute Gasteiger partial charge is 0.355 e. The summed E-state index contributed by atoms with van der Waals surface area (Å²) in [6.07, 6.45) is 4.65. The number of nitrogens with one attached hydrogen (secondary N) is 2. The van der Waals surface area contributed by atoms with E-state index in [1.165, 1.54) is 19.3 Å². The third-order valence-electron chi connectivity index (χ3n) is 4.39. The van der Waals surface area contributed by atoms with Crippen molar-refractivity contribution in [2.24, 2.45) is 5.92 Å². The summed E-state index contributed by atoms with van der Waals surface area (Å²) in [5, 5.41) is 6.61. The zero-order valence-electron chi connectivity index (χ0n) is 13.7. The van der Waals surface area contributed by atoms with Crippen LogP contribution in [0.3, 0.4) is 0 Å². The monoisotopic (exact) mass is 283 g/mol. The van der Waals surface area contributed by atoms with Gasteiger partial charge in [0.05, 0.1) is 6.04 Å². The van der Waals surface area contributed by atoms with Crippen LogP contribution in [0.5, 0.6) is 0 Å². The highest BCUT2D eigenvalue weighted by atomic mass is 16.2. The number of carbonyl (C=O) groups is 1. The van der Waals surface area contributed by atoms with Gasteiger partial charge in [-0.05, 0) is 58.5 Å². The fraction of sp³-hybridized carbons (Fsp3) is 0.938. The average molecular weight is 283 g/mol. The Morgan fingerprint density at radius 3 is 2.60 bits per heavy atom. The van der Waals surface area contributed by atoms with Gasteiger partial charge in [-0.2, -0.15) is 0 Å². The first-order valence-electron chi connectivity index (χ1n) is 8.35. The average Bonchev–Trinajstić information content (AvgIpc) is 2.49. The predicted molar refractivity (Wildman–Crippen MR) is 84.8 cm³/mol. The van der Waals surface area contributed by atoms with Gasteiger partial charge in [0.1, 0.15) is 0 Å². The highest BCUT2D eigenvalue weighted by molar-refractivity contribution is 5.81. The van der Waals surface area contributed by atoms with E-state index in [2.05, 4.69) is 36.3 Å². The van der Waals surface area contributed by atoms with E-state index in [0.717, 1.165) is 32.6 Å². The van der Waals surface area contributed by atoms with Crippen LogP contribution >= 0.6 is 0 Å². The molecule has 1 amide bonds. The fourth-order valence-corrected chi connectivity index (χ4v) is 2.90. The maximum absolute atomic E-state index is 12.1. The van der Waals surface area contributed by atoms with Crippen molar-refractivity contribution in [2.45, 2.75) is 65.5 Å². The summed E-state index contributed by atoms with van der Waals surface area (Å²) < 4.78 is 0. The number of nitrogens with zero attached hydrogens (tertiary/aromatic N) is 1. The van der Waals surface area contributed by atoms with Gasteiger partial charge in [-0.3, -0.25) is 9.69 Å². The van der Waals surface area contributed by atoms with Crippen molar-refractivity contribution in [1.82, 2.24) is 15.5 Å². The van der Waals surface area contributed by atoms with Gasteiger partial charge in [-0.25, -0.2) is 0 Å². The zero-order valence-corrected chi connectivity index (χ0v) is 13.7. The van der Waals surface area contributed by atoms with Crippen molar-refractivity contribution in [3.05, 3.63) is 0 Å². The molecule has 0 aliphatic carbocycles. The first kappa shape index (κ1) is 17.4. The molecule has 4 heteroatoms. The van der Waals surface area contributed by atoms with Crippen molar-refractivity contribution in [3.8, 4) is 0 Å². The quantitative estimate of drug-likeness (QED) is 0.716. The van der Waals surface area contributed by atoms with E-state index in [9.17, 15) is 4.79 Å².